The number of nitrogen functional groups attached to an aromatic ring is 1. The topological polar surface area (TPSA) is 72.9 Å². The Kier molecular flexibility index (Phi) is 1.96. The van der Waals surface area contributed by atoms with Crippen molar-refractivity contribution < 1.29 is 4.79 Å². The number of aromatic nitrogens is 2. The van der Waals surface area contributed by atoms with Gasteiger partial charge in [0.2, 0.25) is 5.91 Å². The molecule has 0 spiro atoms. The van der Waals surface area contributed by atoms with Crippen molar-refractivity contribution in [3.05, 3.63) is 6.20 Å². The van der Waals surface area contributed by atoms with Gasteiger partial charge in [0.1, 0.15) is 0 Å². The highest BCUT2D eigenvalue weighted by Crippen LogP contribution is 2.54. The highest BCUT2D eigenvalue weighted by atomic mass is 16.2. The lowest BCUT2D eigenvalue weighted by molar-refractivity contribution is -0.120. The lowest BCUT2D eigenvalue weighted by Crippen LogP contribution is -2.23. The molecule has 0 aliphatic heterocycles. The number of aryl methyl sites for hydroxylation is 1. The normalized spacial score (nSPS) is 31.2. The number of nitrogens with zero attached hydrogens (tertiary/aromatic N) is 2. The molecule has 1 heterocycles. The molecule has 2 aliphatic carbocycles. The molecule has 2 fully saturated rings. The summed E-state index contributed by atoms with van der Waals surface area (Å²) in [4.78, 5) is 12.0. The zero-order valence-corrected chi connectivity index (χ0v) is 9.31. The zero-order valence-electron chi connectivity index (χ0n) is 9.31. The number of carbonyl (C=O) groups is 1. The van der Waals surface area contributed by atoms with Crippen LogP contribution in [0.5, 0.6) is 0 Å². The maximum absolute atomic E-state index is 12.0. The Bertz CT molecular complexity index is 410. The Labute approximate surface area is 94.0 Å². The predicted octanol–water partition coefficient (Wildman–Crippen LogP) is 0.987. The van der Waals surface area contributed by atoms with Crippen LogP contribution in [0.3, 0.4) is 0 Å². The number of carbonyl (C=O) groups excluding carboxylic acids is 1. The van der Waals surface area contributed by atoms with E-state index < -0.39 is 0 Å². The van der Waals surface area contributed by atoms with Crippen LogP contribution in [0.1, 0.15) is 19.3 Å². The molecule has 0 bridgehead atoms. The van der Waals surface area contributed by atoms with Crippen molar-refractivity contribution in [3.8, 4) is 0 Å². The second kappa shape index (κ2) is 3.23. The van der Waals surface area contributed by atoms with Crippen LogP contribution in [0.15, 0.2) is 6.20 Å². The van der Waals surface area contributed by atoms with E-state index >= 15 is 0 Å². The van der Waals surface area contributed by atoms with E-state index in [9.17, 15) is 4.79 Å². The summed E-state index contributed by atoms with van der Waals surface area (Å²) in [6.45, 7) is 0. The van der Waals surface area contributed by atoms with Gasteiger partial charge in [-0.3, -0.25) is 9.48 Å². The Morgan fingerprint density at radius 1 is 1.50 bits per heavy atom. The monoisotopic (exact) mass is 220 g/mol. The van der Waals surface area contributed by atoms with Crippen molar-refractivity contribution in [1.29, 1.82) is 0 Å². The van der Waals surface area contributed by atoms with Gasteiger partial charge in [0.25, 0.3) is 0 Å². The van der Waals surface area contributed by atoms with Crippen molar-refractivity contribution in [2.45, 2.75) is 19.3 Å². The van der Waals surface area contributed by atoms with Gasteiger partial charge in [-0.2, -0.15) is 5.10 Å². The minimum Gasteiger partial charge on any atom is -0.394 e. The second-order valence-electron chi connectivity index (χ2n) is 4.99. The van der Waals surface area contributed by atoms with Gasteiger partial charge in [0.05, 0.1) is 11.9 Å². The van der Waals surface area contributed by atoms with Crippen LogP contribution >= 0.6 is 0 Å². The summed E-state index contributed by atoms with van der Waals surface area (Å²) in [6, 6.07) is 0. The molecule has 0 aromatic carbocycles. The molecule has 2 aliphatic rings. The molecule has 5 nitrogen and oxygen atoms in total. The maximum Gasteiger partial charge on any atom is 0.228 e. The van der Waals surface area contributed by atoms with E-state index in [0.29, 0.717) is 11.5 Å². The number of hydrogen-bond donors (Lipinski definition) is 2. The fraction of sp³-hybridized carbons (Fsp3) is 0.636. The van der Waals surface area contributed by atoms with Gasteiger partial charge in [0, 0.05) is 13.0 Å². The summed E-state index contributed by atoms with van der Waals surface area (Å²) in [6.07, 6.45) is 4.99. The van der Waals surface area contributed by atoms with Crippen molar-refractivity contribution in [1.82, 2.24) is 9.78 Å². The third kappa shape index (κ3) is 1.47. The molecule has 86 valence electrons. The largest absolute Gasteiger partial charge is 0.394 e. The third-order valence-electron chi connectivity index (χ3n) is 3.82. The molecule has 3 N–H and O–H groups in total. The van der Waals surface area contributed by atoms with E-state index in [-0.39, 0.29) is 11.8 Å². The fourth-order valence-electron chi connectivity index (χ4n) is 2.76. The molecule has 1 aromatic rings. The van der Waals surface area contributed by atoms with Crippen LogP contribution in [-0.4, -0.2) is 15.7 Å². The summed E-state index contributed by atoms with van der Waals surface area (Å²) in [5, 5.41) is 6.87. The number of rotatable bonds is 2. The minimum atomic E-state index is 0.0995. The first kappa shape index (κ1) is 9.69. The average molecular weight is 220 g/mol. The van der Waals surface area contributed by atoms with Gasteiger partial charge in [-0.25, -0.2) is 0 Å². The first-order chi connectivity index (χ1) is 7.65. The number of amides is 1. The van der Waals surface area contributed by atoms with Crippen LogP contribution in [-0.2, 0) is 11.8 Å². The SMILES string of the molecule is Cn1ncc(N)c1NC(=O)C1CC2CC2C1. The lowest BCUT2D eigenvalue weighted by atomic mass is 10.0. The van der Waals surface area contributed by atoms with E-state index in [1.165, 1.54) is 6.42 Å². The van der Waals surface area contributed by atoms with Gasteiger partial charge < -0.3 is 11.1 Å². The van der Waals surface area contributed by atoms with Gasteiger partial charge in [-0.1, -0.05) is 0 Å². The van der Waals surface area contributed by atoms with Gasteiger partial charge in [0.15, 0.2) is 5.82 Å². The molecule has 0 saturated heterocycles. The summed E-state index contributed by atoms with van der Waals surface area (Å²) < 4.78 is 1.60. The van der Waals surface area contributed by atoms with E-state index in [2.05, 4.69) is 10.4 Å². The molecule has 1 amide bonds. The molecule has 1 aromatic heterocycles. The van der Waals surface area contributed by atoms with Crippen molar-refractivity contribution in [3.63, 3.8) is 0 Å². The Hall–Kier alpha value is -1.52. The second-order valence-corrected chi connectivity index (χ2v) is 4.99. The Morgan fingerprint density at radius 3 is 2.75 bits per heavy atom. The molecule has 2 unspecified atom stereocenters. The molecule has 5 heteroatoms. The van der Waals surface area contributed by atoms with Gasteiger partial charge in [-0.15, -0.1) is 0 Å². The predicted molar refractivity (Wildman–Crippen MR) is 60.6 cm³/mol. The standard InChI is InChI=1S/C11H16N4O/c1-15-10(9(12)5-13-15)14-11(16)8-3-6-2-7(6)4-8/h5-8H,2-4,12H2,1H3,(H,14,16). The van der Waals surface area contributed by atoms with Crippen LogP contribution in [0.2, 0.25) is 0 Å². The van der Waals surface area contributed by atoms with Gasteiger partial charge in [-0.05, 0) is 31.1 Å². The van der Waals surface area contributed by atoms with Crippen LogP contribution in [0.4, 0.5) is 11.5 Å². The van der Waals surface area contributed by atoms with Crippen molar-refractivity contribution >= 4 is 17.4 Å². The average Bonchev–Trinajstić information content (AvgIpc) is 2.76. The summed E-state index contributed by atoms with van der Waals surface area (Å²) in [5.74, 6) is 2.53. The fourth-order valence-corrected chi connectivity index (χ4v) is 2.76. The number of nitrogens with one attached hydrogen (secondary N) is 1. The number of anilines is 2. The summed E-state index contributed by atoms with van der Waals surface area (Å²) in [7, 11) is 1.78. The van der Waals surface area contributed by atoms with E-state index in [0.717, 1.165) is 24.7 Å². The first-order valence-electron chi connectivity index (χ1n) is 5.73. The number of nitrogens with two attached hydrogens (primary N) is 1. The zero-order chi connectivity index (χ0) is 11.3. The van der Waals surface area contributed by atoms with Crippen molar-refractivity contribution in [2.75, 3.05) is 11.1 Å². The lowest BCUT2D eigenvalue weighted by Gasteiger charge is -2.12. The molecule has 2 saturated carbocycles. The quantitative estimate of drug-likeness (QED) is 0.780. The summed E-state index contributed by atoms with van der Waals surface area (Å²) in [5.41, 5.74) is 6.25. The molecular formula is C11H16N4O. The van der Waals surface area contributed by atoms with Crippen LogP contribution in [0.25, 0.3) is 0 Å². The highest BCUT2D eigenvalue weighted by Gasteiger charge is 2.48. The number of fused-ring (bicyclic) bond motifs is 1. The van der Waals surface area contributed by atoms with E-state index in [4.69, 9.17) is 5.73 Å². The van der Waals surface area contributed by atoms with Crippen molar-refractivity contribution in [2.24, 2.45) is 24.8 Å². The Morgan fingerprint density at radius 2 is 2.19 bits per heavy atom. The highest BCUT2D eigenvalue weighted by molar-refractivity contribution is 5.94. The Balaban J connectivity index is 1.68. The molecule has 16 heavy (non-hydrogen) atoms. The molecule has 2 atom stereocenters. The van der Waals surface area contributed by atoms with E-state index in [1.54, 1.807) is 17.9 Å². The summed E-state index contributed by atoms with van der Waals surface area (Å²) >= 11 is 0. The number of hydrogen-bond acceptors (Lipinski definition) is 3. The van der Waals surface area contributed by atoms with Gasteiger partial charge >= 0.3 is 0 Å². The minimum absolute atomic E-state index is 0.0995. The first-order valence-corrected chi connectivity index (χ1v) is 5.73. The maximum atomic E-state index is 12.0. The molecular weight excluding hydrogens is 204 g/mol. The van der Waals surface area contributed by atoms with E-state index in [1.807, 2.05) is 0 Å². The van der Waals surface area contributed by atoms with Crippen LogP contribution in [0, 0.1) is 17.8 Å². The van der Waals surface area contributed by atoms with Crippen LogP contribution < -0.4 is 11.1 Å². The molecule has 0 radical (unpaired) electrons. The third-order valence-corrected chi connectivity index (χ3v) is 3.82. The molecule has 3 rings (SSSR count). The smallest absolute Gasteiger partial charge is 0.228 e.